The van der Waals surface area contributed by atoms with Gasteiger partial charge in [-0.2, -0.15) is 0 Å². The standard InChI is InChI=1S/C15H21Cl2NO3/c1-15(2,3)21-18-7-5-4-6-8-20-14-12(16)9-11(19)10-13(14)17/h7,9-10,19H,4-6,8H2,1-3H3. The van der Waals surface area contributed by atoms with Crippen molar-refractivity contribution in [3.05, 3.63) is 22.2 Å². The summed E-state index contributed by atoms with van der Waals surface area (Å²) in [6, 6.07) is 2.80. The molecule has 0 bridgehead atoms. The molecule has 1 aromatic carbocycles. The lowest BCUT2D eigenvalue weighted by atomic mass is 10.2. The molecule has 0 heterocycles. The maximum absolute atomic E-state index is 9.32. The smallest absolute Gasteiger partial charge is 0.156 e. The Hall–Kier alpha value is -1.13. The molecule has 0 spiro atoms. The van der Waals surface area contributed by atoms with Crippen LogP contribution in [0.2, 0.25) is 10.0 Å². The van der Waals surface area contributed by atoms with Crippen LogP contribution >= 0.6 is 23.2 Å². The molecule has 0 atom stereocenters. The van der Waals surface area contributed by atoms with E-state index in [1.807, 2.05) is 20.8 Å². The SMILES string of the molecule is CC(C)(C)ON=CCCCCOc1c(Cl)cc(O)cc1Cl. The Morgan fingerprint density at radius 1 is 1.19 bits per heavy atom. The average Bonchev–Trinajstić information content (AvgIpc) is 2.33. The van der Waals surface area contributed by atoms with E-state index in [1.165, 1.54) is 12.1 Å². The summed E-state index contributed by atoms with van der Waals surface area (Å²) in [5.41, 5.74) is -0.258. The summed E-state index contributed by atoms with van der Waals surface area (Å²) >= 11 is 11.9. The number of halogens is 2. The van der Waals surface area contributed by atoms with E-state index in [9.17, 15) is 5.11 Å². The van der Waals surface area contributed by atoms with Gasteiger partial charge in [-0.3, -0.25) is 0 Å². The summed E-state index contributed by atoms with van der Waals surface area (Å²) < 4.78 is 5.53. The highest BCUT2D eigenvalue weighted by molar-refractivity contribution is 6.37. The highest BCUT2D eigenvalue weighted by Crippen LogP contribution is 2.36. The van der Waals surface area contributed by atoms with Gasteiger partial charge in [-0.05, 0) is 40.0 Å². The van der Waals surface area contributed by atoms with Crippen molar-refractivity contribution in [2.24, 2.45) is 5.16 Å². The molecular weight excluding hydrogens is 313 g/mol. The van der Waals surface area contributed by atoms with Crippen LogP contribution in [0.15, 0.2) is 17.3 Å². The summed E-state index contributed by atoms with van der Waals surface area (Å²) in [6.07, 6.45) is 4.33. The molecule has 118 valence electrons. The van der Waals surface area contributed by atoms with Crippen molar-refractivity contribution in [3.63, 3.8) is 0 Å². The van der Waals surface area contributed by atoms with Gasteiger partial charge in [0.15, 0.2) is 5.75 Å². The first-order valence-corrected chi connectivity index (χ1v) is 7.56. The maximum atomic E-state index is 9.32. The van der Waals surface area contributed by atoms with E-state index in [-0.39, 0.29) is 11.4 Å². The number of ether oxygens (including phenoxy) is 1. The second-order valence-corrected chi connectivity index (χ2v) is 6.39. The van der Waals surface area contributed by atoms with Crippen molar-refractivity contribution in [1.29, 1.82) is 0 Å². The van der Waals surface area contributed by atoms with E-state index < -0.39 is 0 Å². The quantitative estimate of drug-likeness (QED) is 0.431. The predicted octanol–water partition coefficient (Wildman–Crippen LogP) is 5.05. The molecule has 0 amide bonds. The third kappa shape index (κ3) is 7.44. The number of unbranched alkanes of at least 4 members (excludes halogenated alkanes) is 2. The van der Waals surface area contributed by atoms with E-state index >= 15 is 0 Å². The second-order valence-electron chi connectivity index (χ2n) is 5.57. The number of nitrogens with zero attached hydrogens (tertiary/aromatic N) is 1. The molecule has 0 aliphatic rings. The van der Waals surface area contributed by atoms with E-state index in [2.05, 4.69) is 5.16 Å². The molecule has 6 heteroatoms. The van der Waals surface area contributed by atoms with Crippen molar-refractivity contribution >= 4 is 29.4 Å². The Morgan fingerprint density at radius 3 is 2.38 bits per heavy atom. The van der Waals surface area contributed by atoms with Crippen molar-refractivity contribution in [2.75, 3.05) is 6.61 Å². The van der Waals surface area contributed by atoms with Crippen LogP contribution in [0.5, 0.6) is 11.5 Å². The zero-order valence-electron chi connectivity index (χ0n) is 12.5. The van der Waals surface area contributed by atoms with E-state index in [0.717, 1.165) is 19.3 Å². The molecule has 1 N–H and O–H groups in total. The van der Waals surface area contributed by atoms with Crippen LogP contribution in [0.4, 0.5) is 0 Å². The normalized spacial score (nSPS) is 11.9. The molecule has 0 fully saturated rings. The van der Waals surface area contributed by atoms with E-state index in [1.54, 1.807) is 6.21 Å². The van der Waals surface area contributed by atoms with E-state index in [4.69, 9.17) is 32.8 Å². The number of hydrogen-bond donors (Lipinski definition) is 1. The zero-order valence-corrected chi connectivity index (χ0v) is 14.0. The molecule has 1 aromatic rings. The molecule has 21 heavy (non-hydrogen) atoms. The summed E-state index contributed by atoms with van der Waals surface area (Å²) in [5, 5.41) is 13.8. The number of hydrogen-bond acceptors (Lipinski definition) is 4. The Morgan fingerprint density at radius 2 is 1.81 bits per heavy atom. The lowest BCUT2D eigenvalue weighted by Crippen LogP contribution is -2.15. The first-order valence-electron chi connectivity index (χ1n) is 6.80. The Labute approximate surface area is 135 Å². The lowest BCUT2D eigenvalue weighted by molar-refractivity contribution is 0.00156. The first kappa shape index (κ1) is 17.9. The van der Waals surface area contributed by atoms with Gasteiger partial charge < -0.3 is 14.7 Å². The summed E-state index contributed by atoms with van der Waals surface area (Å²) in [6.45, 7) is 6.34. The van der Waals surface area contributed by atoms with Crippen molar-refractivity contribution in [3.8, 4) is 11.5 Å². The van der Waals surface area contributed by atoms with Crippen LogP contribution < -0.4 is 4.74 Å². The number of oxime groups is 1. The van der Waals surface area contributed by atoms with Crippen molar-refractivity contribution in [2.45, 2.75) is 45.6 Å². The Balaban J connectivity index is 2.24. The molecule has 4 nitrogen and oxygen atoms in total. The highest BCUT2D eigenvalue weighted by Gasteiger charge is 2.10. The monoisotopic (exact) mass is 333 g/mol. The lowest BCUT2D eigenvalue weighted by Gasteiger charge is -2.14. The van der Waals surface area contributed by atoms with Gasteiger partial charge in [-0.25, -0.2) is 0 Å². The summed E-state index contributed by atoms with van der Waals surface area (Å²) in [5.74, 6) is 0.424. The maximum Gasteiger partial charge on any atom is 0.156 e. The molecule has 0 saturated carbocycles. The summed E-state index contributed by atoms with van der Waals surface area (Å²) in [7, 11) is 0. The minimum atomic E-state index is -0.258. The highest BCUT2D eigenvalue weighted by atomic mass is 35.5. The molecule has 0 unspecified atom stereocenters. The van der Waals surface area contributed by atoms with Crippen LogP contribution in [-0.2, 0) is 4.84 Å². The molecule has 0 saturated heterocycles. The number of aromatic hydroxyl groups is 1. The van der Waals surface area contributed by atoms with E-state index in [0.29, 0.717) is 22.4 Å². The van der Waals surface area contributed by atoms with Gasteiger partial charge in [-0.15, -0.1) is 0 Å². The third-order valence-corrected chi connectivity index (χ3v) is 2.92. The predicted molar refractivity (Wildman–Crippen MR) is 86.8 cm³/mol. The summed E-state index contributed by atoms with van der Waals surface area (Å²) in [4.78, 5) is 5.23. The van der Waals surface area contributed by atoms with Crippen LogP contribution in [0, 0.1) is 0 Å². The fraction of sp³-hybridized carbons (Fsp3) is 0.533. The first-order chi connectivity index (χ1) is 9.79. The van der Waals surface area contributed by atoms with Crippen LogP contribution in [0.3, 0.4) is 0 Å². The molecule has 0 aliphatic carbocycles. The topological polar surface area (TPSA) is 51.0 Å². The molecule has 0 radical (unpaired) electrons. The van der Waals surface area contributed by atoms with Gasteiger partial charge >= 0.3 is 0 Å². The minimum Gasteiger partial charge on any atom is -0.508 e. The molecular formula is C15H21Cl2NO3. The fourth-order valence-corrected chi connectivity index (χ4v) is 2.03. The van der Waals surface area contributed by atoms with Crippen LogP contribution in [0.1, 0.15) is 40.0 Å². The van der Waals surface area contributed by atoms with Gasteiger partial charge in [0, 0.05) is 18.3 Å². The third-order valence-electron chi connectivity index (χ3n) is 2.36. The fourth-order valence-electron chi connectivity index (χ4n) is 1.44. The minimum absolute atomic E-state index is 0.0207. The van der Waals surface area contributed by atoms with Crippen molar-refractivity contribution < 1.29 is 14.7 Å². The van der Waals surface area contributed by atoms with Gasteiger partial charge in [-0.1, -0.05) is 28.4 Å². The van der Waals surface area contributed by atoms with Gasteiger partial charge in [0.05, 0.1) is 16.7 Å². The number of phenols is 1. The number of rotatable bonds is 7. The van der Waals surface area contributed by atoms with Crippen LogP contribution in [-0.4, -0.2) is 23.5 Å². The van der Waals surface area contributed by atoms with Gasteiger partial charge in [0.2, 0.25) is 0 Å². The van der Waals surface area contributed by atoms with Gasteiger partial charge in [0.25, 0.3) is 0 Å². The van der Waals surface area contributed by atoms with Gasteiger partial charge in [0.1, 0.15) is 11.4 Å². The zero-order chi connectivity index (χ0) is 15.9. The molecule has 1 rings (SSSR count). The number of benzene rings is 1. The Bertz CT molecular complexity index is 461. The largest absolute Gasteiger partial charge is 0.508 e. The molecule has 0 aliphatic heterocycles. The Kier molecular flexibility index (Phi) is 7.12. The number of phenolic OH excluding ortho intramolecular Hbond substituents is 1. The average molecular weight is 334 g/mol. The second kappa shape index (κ2) is 8.35. The molecule has 0 aromatic heterocycles. The van der Waals surface area contributed by atoms with Crippen LogP contribution in [0.25, 0.3) is 0 Å². The van der Waals surface area contributed by atoms with Crippen molar-refractivity contribution in [1.82, 2.24) is 0 Å².